The number of allylic oxidation sites excluding steroid dienone is 1. The summed E-state index contributed by atoms with van der Waals surface area (Å²) in [6.07, 6.45) is 11.7. The topological polar surface area (TPSA) is 9.23 Å². The molecule has 0 unspecified atom stereocenters. The fourth-order valence-corrected chi connectivity index (χ4v) is 3.35. The van der Waals surface area contributed by atoms with Crippen molar-refractivity contribution < 1.29 is 9.13 Å². The van der Waals surface area contributed by atoms with Gasteiger partial charge in [-0.25, -0.2) is 4.39 Å². The first kappa shape index (κ1) is 17.1. The first-order valence-corrected chi connectivity index (χ1v) is 8.81. The lowest BCUT2D eigenvalue weighted by molar-refractivity contribution is 0.305. The van der Waals surface area contributed by atoms with Crippen molar-refractivity contribution >= 4 is 0 Å². The van der Waals surface area contributed by atoms with Crippen LogP contribution in [0.4, 0.5) is 4.39 Å². The maximum absolute atomic E-state index is 12.1. The third-order valence-corrected chi connectivity index (χ3v) is 4.77. The number of hydrogen-bond donors (Lipinski definition) is 0. The average molecular weight is 304 g/mol. The molecule has 0 aliphatic heterocycles. The molecule has 2 heteroatoms. The molecule has 1 aliphatic rings. The molecule has 1 nitrogen and oxygen atoms in total. The molecule has 2 rings (SSSR count). The Bertz CT molecular complexity index is 430. The zero-order valence-corrected chi connectivity index (χ0v) is 13.8. The summed E-state index contributed by atoms with van der Waals surface area (Å²) >= 11 is 0. The molecule has 1 aliphatic carbocycles. The molecule has 0 radical (unpaired) electrons. The highest BCUT2D eigenvalue weighted by Crippen LogP contribution is 2.37. The SMILES string of the molecule is CCCCCOc1ccc([C@H]2CC[C@H](CC=CF)CC2)cc1. The molecule has 1 saturated carbocycles. The summed E-state index contributed by atoms with van der Waals surface area (Å²) in [7, 11) is 0. The van der Waals surface area contributed by atoms with Crippen LogP contribution >= 0.6 is 0 Å². The summed E-state index contributed by atoms with van der Waals surface area (Å²) in [6.45, 7) is 3.03. The van der Waals surface area contributed by atoms with Gasteiger partial charge in [0.2, 0.25) is 0 Å². The lowest BCUT2D eigenvalue weighted by Gasteiger charge is -2.28. The van der Waals surface area contributed by atoms with E-state index in [2.05, 4.69) is 31.2 Å². The molecule has 0 amide bonds. The summed E-state index contributed by atoms with van der Waals surface area (Å²) in [5.74, 6) is 2.32. The zero-order chi connectivity index (χ0) is 15.6. The predicted octanol–water partition coefficient (Wildman–Crippen LogP) is 6.40. The third kappa shape index (κ3) is 5.47. The van der Waals surface area contributed by atoms with Crippen LogP contribution in [-0.2, 0) is 0 Å². The van der Waals surface area contributed by atoms with Gasteiger partial charge in [0.1, 0.15) is 5.75 Å². The fraction of sp³-hybridized carbons (Fsp3) is 0.600. The monoisotopic (exact) mass is 304 g/mol. The summed E-state index contributed by atoms with van der Waals surface area (Å²) in [6, 6.07) is 8.67. The molecule has 0 spiro atoms. The van der Waals surface area contributed by atoms with Crippen molar-refractivity contribution in [3.63, 3.8) is 0 Å². The van der Waals surface area contributed by atoms with E-state index < -0.39 is 0 Å². The van der Waals surface area contributed by atoms with Gasteiger partial charge in [0.15, 0.2) is 0 Å². The van der Waals surface area contributed by atoms with E-state index >= 15 is 0 Å². The zero-order valence-electron chi connectivity index (χ0n) is 13.8. The Morgan fingerprint density at radius 2 is 1.82 bits per heavy atom. The number of hydrogen-bond acceptors (Lipinski definition) is 1. The fourth-order valence-electron chi connectivity index (χ4n) is 3.35. The highest BCUT2D eigenvalue weighted by atomic mass is 19.1. The Balaban J connectivity index is 1.76. The highest BCUT2D eigenvalue weighted by Gasteiger charge is 2.21. The first-order chi connectivity index (χ1) is 10.8. The van der Waals surface area contributed by atoms with E-state index in [-0.39, 0.29) is 0 Å². The van der Waals surface area contributed by atoms with Gasteiger partial charge in [-0.1, -0.05) is 38.0 Å². The molecule has 1 aromatic carbocycles. The van der Waals surface area contributed by atoms with E-state index in [4.69, 9.17) is 4.74 Å². The number of unbranched alkanes of at least 4 members (excludes halogenated alkanes) is 2. The largest absolute Gasteiger partial charge is 0.494 e. The van der Waals surface area contributed by atoms with Crippen LogP contribution in [-0.4, -0.2) is 6.61 Å². The van der Waals surface area contributed by atoms with E-state index in [1.54, 1.807) is 6.08 Å². The molecule has 1 fully saturated rings. The highest BCUT2D eigenvalue weighted by molar-refractivity contribution is 5.29. The molecule has 0 atom stereocenters. The van der Waals surface area contributed by atoms with E-state index in [1.807, 2.05) is 0 Å². The number of rotatable bonds is 8. The normalized spacial score (nSPS) is 22.1. The summed E-state index contributed by atoms with van der Waals surface area (Å²) < 4.78 is 17.8. The first-order valence-electron chi connectivity index (χ1n) is 8.81. The minimum absolute atomic E-state index is 0.666. The lowest BCUT2D eigenvalue weighted by Crippen LogP contribution is -2.12. The van der Waals surface area contributed by atoms with Crippen molar-refractivity contribution in [2.24, 2.45) is 5.92 Å². The molecule has 0 aromatic heterocycles. The smallest absolute Gasteiger partial charge is 0.119 e. The van der Waals surface area contributed by atoms with E-state index in [1.165, 1.54) is 44.1 Å². The van der Waals surface area contributed by atoms with Gasteiger partial charge < -0.3 is 4.74 Å². The van der Waals surface area contributed by atoms with Crippen LogP contribution in [0.3, 0.4) is 0 Å². The van der Waals surface area contributed by atoms with E-state index in [0.29, 0.717) is 18.2 Å². The molecule has 22 heavy (non-hydrogen) atoms. The van der Waals surface area contributed by atoms with Gasteiger partial charge in [0.05, 0.1) is 12.9 Å². The molecule has 122 valence electrons. The van der Waals surface area contributed by atoms with Crippen molar-refractivity contribution in [1.82, 2.24) is 0 Å². The van der Waals surface area contributed by atoms with Gasteiger partial charge in [0.25, 0.3) is 0 Å². The maximum Gasteiger partial charge on any atom is 0.119 e. The predicted molar refractivity (Wildman–Crippen MR) is 91.0 cm³/mol. The van der Waals surface area contributed by atoms with Crippen molar-refractivity contribution in [3.8, 4) is 5.75 Å². The molecule has 0 heterocycles. The third-order valence-electron chi connectivity index (χ3n) is 4.77. The molecular weight excluding hydrogens is 275 g/mol. The quantitative estimate of drug-likeness (QED) is 0.505. The maximum atomic E-state index is 12.1. The summed E-state index contributed by atoms with van der Waals surface area (Å²) in [5.41, 5.74) is 1.43. The Kier molecular flexibility index (Phi) is 7.48. The standard InChI is InChI=1S/C20H29FO/c1-2-3-4-16-22-20-13-11-19(12-14-20)18-9-7-17(8-10-18)6-5-15-21/h5,11-15,17-18H,2-4,6-10,16H2,1H3/t17-,18-. The second kappa shape index (κ2) is 9.66. The van der Waals surface area contributed by atoms with Crippen molar-refractivity contribution in [2.45, 2.75) is 64.2 Å². The summed E-state index contributed by atoms with van der Waals surface area (Å²) in [5, 5.41) is 0. The van der Waals surface area contributed by atoms with Crippen LogP contribution in [0.25, 0.3) is 0 Å². The van der Waals surface area contributed by atoms with Gasteiger partial charge in [0, 0.05) is 0 Å². The van der Waals surface area contributed by atoms with Crippen LogP contribution in [0.15, 0.2) is 36.7 Å². The molecule has 0 N–H and O–H groups in total. The minimum atomic E-state index is 0.666. The lowest BCUT2D eigenvalue weighted by atomic mass is 9.77. The van der Waals surface area contributed by atoms with Crippen molar-refractivity contribution in [1.29, 1.82) is 0 Å². The van der Waals surface area contributed by atoms with Crippen molar-refractivity contribution in [3.05, 3.63) is 42.2 Å². The Morgan fingerprint density at radius 1 is 1.09 bits per heavy atom. The number of halogens is 1. The summed E-state index contributed by atoms with van der Waals surface area (Å²) in [4.78, 5) is 0. The Hall–Kier alpha value is -1.31. The van der Waals surface area contributed by atoms with Gasteiger partial charge in [-0.2, -0.15) is 0 Å². The second-order valence-corrected chi connectivity index (χ2v) is 6.44. The van der Waals surface area contributed by atoms with Gasteiger partial charge in [-0.05, 0) is 68.1 Å². The molecule has 0 saturated heterocycles. The van der Waals surface area contributed by atoms with Crippen LogP contribution in [0.2, 0.25) is 0 Å². The van der Waals surface area contributed by atoms with Crippen LogP contribution in [0.1, 0.15) is 69.8 Å². The number of ether oxygens (including phenoxy) is 1. The Morgan fingerprint density at radius 3 is 2.45 bits per heavy atom. The molecule has 1 aromatic rings. The van der Waals surface area contributed by atoms with E-state index in [0.717, 1.165) is 25.2 Å². The van der Waals surface area contributed by atoms with Crippen LogP contribution in [0.5, 0.6) is 5.75 Å². The van der Waals surface area contributed by atoms with Gasteiger partial charge in [-0.15, -0.1) is 0 Å². The average Bonchev–Trinajstić information content (AvgIpc) is 2.58. The second-order valence-electron chi connectivity index (χ2n) is 6.44. The number of benzene rings is 1. The van der Waals surface area contributed by atoms with Gasteiger partial charge >= 0.3 is 0 Å². The van der Waals surface area contributed by atoms with Crippen LogP contribution in [0, 0.1) is 5.92 Å². The van der Waals surface area contributed by atoms with Crippen LogP contribution < -0.4 is 4.74 Å². The minimum Gasteiger partial charge on any atom is -0.494 e. The Labute approximate surface area is 134 Å². The molecule has 0 bridgehead atoms. The van der Waals surface area contributed by atoms with Gasteiger partial charge in [-0.3, -0.25) is 0 Å². The van der Waals surface area contributed by atoms with E-state index in [9.17, 15) is 4.39 Å². The molecular formula is C20H29FO. The van der Waals surface area contributed by atoms with Crippen molar-refractivity contribution in [2.75, 3.05) is 6.61 Å².